The lowest BCUT2D eigenvalue weighted by atomic mass is 10.1. The third kappa shape index (κ3) is 2.25. The summed E-state index contributed by atoms with van der Waals surface area (Å²) in [6.45, 7) is 0. The summed E-state index contributed by atoms with van der Waals surface area (Å²) in [5, 5.41) is 19.1. The SMILES string of the molecule is O=C(O)c1coc(-c2cc(F)cc([N+](=O)[O-])c2F)n1. The van der Waals surface area contributed by atoms with Crippen LogP contribution in [-0.4, -0.2) is 21.0 Å². The summed E-state index contributed by atoms with van der Waals surface area (Å²) in [6.07, 6.45) is 0.716. The van der Waals surface area contributed by atoms with Gasteiger partial charge >= 0.3 is 11.7 Å². The number of halogens is 2. The van der Waals surface area contributed by atoms with E-state index in [1.54, 1.807) is 0 Å². The molecule has 0 unspecified atom stereocenters. The van der Waals surface area contributed by atoms with Crippen molar-refractivity contribution in [3.8, 4) is 11.5 Å². The van der Waals surface area contributed by atoms with E-state index < -0.39 is 45.4 Å². The van der Waals surface area contributed by atoms with Gasteiger partial charge in [0.1, 0.15) is 12.1 Å². The minimum atomic E-state index is -1.43. The van der Waals surface area contributed by atoms with Crippen LogP contribution in [0.15, 0.2) is 22.8 Å². The highest BCUT2D eigenvalue weighted by molar-refractivity contribution is 5.85. The van der Waals surface area contributed by atoms with Crippen LogP contribution in [0.25, 0.3) is 11.5 Å². The molecular formula is C10H4F2N2O5. The smallest absolute Gasteiger partial charge is 0.357 e. The Labute approximate surface area is 103 Å². The Hall–Kier alpha value is -2.84. The number of carboxylic acid groups (broad SMARTS) is 1. The lowest BCUT2D eigenvalue weighted by Crippen LogP contribution is -1.98. The molecule has 98 valence electrons. The maximum Gasteiger partial charge on any atom is 0.357 e. The van der Waals surface area contributed by atoms with Crippen LogP contribution in [-0.2, 0) is 0 Å². The minimum absolute atomic E-state index is 0.403. The van der Waals surface area contributed by atoms with Crippen LogP contribution in [0.2, 0.25) is 0 Å². The number of nitro groups is 1. The Morgan fingerprint density at radius 2 is 2.11 bits per heavy atom. The standard InChI is InChI=1S/C10H4F2N2O5/c11-4-1-5(8(12)7(2-4)14(17)18)9-13-6(3-19-9)10(15)16/h1-3H,(H,15,16). The average molecular weight is 270 g/mol. The van der Waals surface area contributed by atoms with Crippen LogP contribution < -0.4 is 0 Å². The van der Waals surface area contributed by atoms with Gasteiger partial charge in [0, 0.05) is 0 Å². The van der Waals surface area contributed by atoms with Crippen LogP contribution in [0.3, 0.4) is 0 Å². The Morgan fingerprint density at radius 3 is 2.63 bits per heavy atom. The molecule has 0 aliphatic rings. The lowest BCUT2D eigenvalue weighted by molar-refractivity contribution is -0.387. The second-order valence-electron chi connectivity index (χ2n) is 3.39. The van der Waals surface area contributed by atoms with E-state index in [1.165, 1.54) is 0 Å². The molecule has 0 fully saturated rings. The van der Waals surface area contributed by atoms with E-state index in [9.17, 15) is 23.7 Å². The van der Waals surface area contributed by atoms with Gasteiger partial charge in [-0.3, -0.25) is 10.1 Å². The predicted octanol–water partition coefficient (Wildman–Crippen LogP) is 2.23. The molecule has 19 heavy (non-hydrogen) atoms. The van der Waals surface area contributed by atoms with Crippen molar-refractivity contribution < 1.29 is 28.0 Å². The number of carbonyl (C=O) groups is 1. The second kappa shape index (κ2) is 4.44. The van der Waals surface area contributed by atoms with Crippen molar-refractivity contribution in [2.24, 2.45) is 0 Å². The summed E-state index contributed by atoms with van der Waals surface area (Å²) in [5.41, 5.74) is -2.24. The molecule has 0 radical (unpaired) electrons. The number of aromatic carboxylic acids is 1. The molecule has 7 nitrogen and oxygen atoms in total. The first-order valence-corrected chi connectivity index (χ1v) is 4.72. The number of benzene rings is 1. The van der Waals surface area contributed by atoms with Gasteiger partial charge in [-0.15, -0.1) is 0 Å². The molecule has 1 heterocycles. The predicted molar refractivity (Wildman–Crippen MR) is 55.5 cm³/mol. The number of rotatable bonds is 3. The molecule has 0 spiro atoms. The molecule has 2 rings (SSSR count). The van der Waals surface area contributed by atoms with Crippen molar-refractivity contribution >= 4 is 11.7 Å². The van der Waals surface area contributed by atoms with E-state index in [4.69, 9.17) is 5.11 Å². The Balaban J connectivity index is 2.61. The van der Waals surface area contributed by atoms with E-state index in [2.05, 4.69) is 9.40 Å². The summed E-state index contributed by atoms with van der Waals surface area (Å²) < 4.78 is 31.6. The number of oxazole rings is 1. The number of nitro benzene ring substituents is 1. The van der Waals surface area contributed by atoms with E-state index in [0.29, 0.717) is 18.4 Å². The van der Waals surface area contributed by atoms with Crippen molar-refractivity contribution in [2.45, 2.75) is 0 Å². The minimum Gasteiger partial charge on any atom is -0.476 e. The van der Waals surface area contributed by atoms with E-state index in [-0.39, 0.29) is 0 Å². The summed E-state index contributed by atoms with van der Waals surface area (Å²) in [7, 11) is 0. The molecule has 0 saturated carbocycles. The van der Waals surface area contributed by atoms with Crippen molar-refractivity contribution in [3.05, 3.63) is 45.8 Å². The van der Waals surface area contributed by atoms with Gasteiger partial charge in [-0.1, -0.05) is 0 Å². The molecule has 1 aromatic heterocycles. The largest absolute Gasteiger partial charge is 0.476 e. The highest BCUT2D eigenvalue weighted by atomic mass is 19.1. The van der Waals surface area contributed by atoms with Gasteiger partial charge in [-0.2, -0.15) is 4.39 Å². The fraction of sp³-hybridized carbons (Fsp3) is 0. The van der Waals surface area contributed by atoms with Gasteiger partial charge < -0.3 is 9.52 Å². The number of aromatic nitrogens is 1. The third-order valence-electron chi connectivity index (χ3n) is 2.17. The third-order valence-corrected chi connectivity index (χ3v) is 2.17. The molecule has 0 amide bonds. The Morgan fingerprint density at radius 1 is 1.42 bits per heavy atom. The van der Waals surface area contributed by atoms with Gasteiger partial charge in [0.25, 0.3) is 0 Å². The number of hydrogen-bond donors (Lipinski definition) is 1. The van der Waals surface area contributed by atoms with Crippen LogP contribution >= 0.6 is 0 Å². The second-order valence-corrected chi connectivity index (χ2v) is 3.39. The molecule has 1 N–H and O–H groups in total. The fourth-order valence-corrected chi connectivity index (χ4v) is 1.36. The summed E-state index contributed by atoms with van der Waals surface area (Å²) in [6, 6.07) is 1.03. The van der Waals surface area contributed by atoms with Crippen LogP contribution in [0.1, 0.15) is 10.5 Å². The number of carboxylic acids is 1. The number of hydrogen-bond acceptors (Lipinski definition) is 5. The molecule has 9 heteroatoms. The maximum atomic E-state index is 13.7. The zero-order valence-electron chi connectivity index (χ0n) is 8.96. The molecule has 0 bridgehead atoms. The quantitative estimate of drug-likeness (QED) is 0.676. The Bertz CT molecular complexity index is 683. The zero-order valence-corrected chi connectivity index (χ0v) is 8.96. The summed E-state index contributed by atoms with van der Waals surface area (Å²) in [5.74, 6) is -4.41. The average Bonchev–Trinajstić information content (AvgIpc) is 2.80. The van der Waals surface area contributed by atoms with Gasteiger partial charge in [-0.25, -0.2) is 14.2 Å². The molecule has 0 aliphatic heterocycles. The first kappa shape index (κ1) is 12.6. The maximum absolute atomic E-state index is 13.7. The number of nitrogens with zero attached hydrogens (tertiary/aromatic N) is 2. The van der Waals surface area contributed by atoms with Crippen molar-refractivity contribution in [2.75, 3.05) is 0 Å². The molecule has 0 atom stereocenters. The van der Waals surface area contributed by atoms with E-state index in [1.807, 2.05) is 0 Å². The Kier molecular flexibility index (Phi) is 2.95. The van der Waals surface area contributed by atoms with Gasteiger partial charge in [-0.05, 0) is 6.07 Å². The highest BCUT2D eigenvalue weighted by Crippen LogP contribution is 2.29. The first-order chi connectivity index (χ1) is 8.90. The molecule has 2 aromatic rings. The molecule has 1 aromatic carbocycles. The zero-order chi connectivity index (χ0) is 14.2. The molecule has 0 aliphatic carbocycles. The van der Waals surface area contributed by atoms with Crippen molar-refractivity contribution in [1.29, 1.82) is 0 Å². The summed E-state index contributed by atoms with van der Waals surface area (Å²) in [4.78, 5) is 23.4. The highest BCUT2D eigenvalue weighted by Gasteiger charge is 2.24. The normalized spacial score (nSPS) is 10.4. The van der Waals surface area contributed by atoms with Crippen molar-refractivity contribution in [1.82, 2.24) is 4.98 Å². The lowest BCUT2D eigenvalue weighted by Gasteiger charge is -2.00. The van der Waals surface area contributed by atoms with Crippen LogP contribution in [0, 0.1) is 21.7 Å². The summed E-state index contributed by atoms with van der Waals surface area (Å²) >= 11 is 0. The van der Waals surface area contributed by atoms with Gasteiger partial charge in [0.2, 0.25) is 11.7 Å². The molecule has 0 saturated heterocycles. The van der Waals surface area contributed by atoms with Gasteiger partial charge in [0.05, 0.1) is 16.6 Å². The first-order valence-electron chi connectivity index (χ1n) is 4.72. The van der Waals surface area contributed by atoms with Crippen LogP contribution in [0.4, 0.5) is 14.5 Å². The topological polar surface area (TPSA) is 106 Å². The molecular weight excluding hydrogens is 266 g/mol. The van der Waals surface area contributed by atoms with E-state index in [0.717, 1.165) is 0 Å². The van der Waals surface area contributed by atoms with Crippen molar-refractivity contribution in [3.63, 3.8) is 0 Å². The van der Waals surface area contributed by atoms with Gasteiger partial charge in [0.15, 0.2) is 5.69 Å². The van der Waals surface area contributed by atoms with Crippen LogP contribution in [0.5, 0.6) is 0 Å². The fourth-order valence-electron chi connectivity index (χ4n) is 1.36. The van der Waals surface area contributed by atoms with E-state index >= 15 is 0 Å². The monoisotopic (exact) mass is 270 g/mol.